The number of fused-ring (bicyclic) bond motifs is 1. The van der Waals surface area contributed by atoms with Crippen LogP contribution in [-0.2, 0) is 11.8 Å². The number of ether oxygens (including phenoxy) is 1. The van der Waals surface area contributed by atoms with E-state index in [9.17, 15) is 4.79 Å². The highest BCUT2D eigenvalue weighted by Crippen LogP contribution is 2.32. The summed E-state index contributed by atoms with van der Waals surface area (Å²) in [5, 5.41) is 8.70. The Kier molecular flexibility index (Phi) is 3.44. The molecule has 0 radical (unpaired) electrons. The summed E-state index contributed by atoms with van der Waals surface area (Å²) in [4.78, 5) is 12.3. The largest absolute Gasteiger partial charge is 0.462 e. The number of hydrogen-bond acceptors (Lipinski definition) is 4. The third kappa shape index (κ3) is 1.99. The van der Waals surface area contributed by atoms with Crippen LogP contribution in [0.2, 0.25) is 0 Å². The van der Waals surface area contributed by atoms with Crippen LogP contribution < -0.4 is 0 Å². The minimum atomic E-state index is -0.323. The number of aryl methyl sites for hydroxylation is 2. The van der Waals surface area contributed by atoms with Gasteiger partial charge in [0.15, 0.2) is 0 Å². The molecule has 6 nitrogen and oxygen atoms in total. The maximum atomic E-state index is 12.3. The average Bonchev–Trinajstić information content (AvgIpc) is 2.96. The third-order valence-electron chi connectivity index (χ3n) is 3.77. The molecule has 3 aromatic heterocycles. The van der Waals surface area contributed by atoms with Crippen LogP contribution in [0.3, 0.4) is 0 Å². The Labute approximate surface area is 128 Å². The van der Waals surface area contributed by atoms with Gasteiger partial charge >= 0.3 is 5.97 Å². The molecule has 0 amide bonds. The Bertz CT molecular complexity index is 841. The van der Waals surface area contributed by atoms with Gasteiger partial charge in [-0.05, 0) is 44.0 Å². The molecule has 3 rings (SSSR count). The fraction of sp³-hybridized carbons (Fsp3) is 0.312. The lowest BCUT2D eigenvalue weighted by Crippen LogP contribution is -2.05. The van der Waals surface area contributed by atoms with Crippen molar-refractivity contribution >= 4 is 11.5 Å². The minimum Gasteiger partial charge on any atom is -0.462 e. The SMILES string of the molecule is CCOC(=O)c1c(C)c(-c2c(C)cnn2C)n2ncccc12. The highest BCUT2D eigenvalue weighted by molar-refractivity contribution is 6.01. The number of carbonyl (C=O) groups excluding carboxylic acids is 1. The van der Waals surface area contributed by atoms with Gasteiger partial charge in [-0.1, -0.05) is 0 Å². The number of esters is 1. The van der Waals surface area contributed by atoms with E-state index in [-0.39, 0.29) is 5.97 Å². The van der Waals surface area contributed by atoms with E-state index in [1.807, 2.05) is 33.0 Å². The second kappa shape index (κ2) is 5.29. The molecule has 0 atom stereocenters. The van der Waals surface area contributed by atoms with Gasteiger partial charge in [0.25, 0.3) is 0 Å². The summed E-state index contributed by atoms with van der Waals surface area (Å²) in [5.74, 6) is -0.323. The van der Waals surface area contributed by atoms with Gasteiger partial charge in [0.1, 0.15) is 0 Å². The third-order valence-corrected chi connectivity index (χ3v) is 3.77. The van der Waals surface area contributed by atoms with Crippen LogP contribution in [0.25, 0.3) is 16.9 Å². The van der Waals surface area contributed by atoms with Gasteiger partial charge in [0.05, 0.1) is 35.3 Å². The Morgan fingerprint density at radius 2 is 2.05 bits per heavy atom. The Morgan fingerprint density at radius 3 is 2.68 bits per heavy atom. The molecular formula is C16H18N4O2. The molecule has 0 bridgehead atoms. The maximum Gasteiger partial charge on any atom is 0.340 e. The van der Waals surface area contributed by atoms with Gasteiger partial charge < -0.3 is 4.74 Å². The summed E-state index contributed by atoms with van der Waals surface area (Å²) in [5.41, 5.74) is 5.01. The van der Waals surface area contributed by atoms with Crippen molar-refractivity contribution < 1.29 is 9.53 Å². The van der Waals surface area contributed by atoms with E-state index in [4.69, 9.17) is 4.74 Å². The van der Waals surface area contributed by atoms with E-state index in [0.29, 0.717) is 12.2 Å². The van der Waals surface area contributed by atoms with Crippen LogP contribution in [0, 0.1) is 13.8 Å². The van der Waals surface area contributed by atoms with Gasteiger partial charge in [0.2, 0.25) is 0 Å². The van der Waals surface area contributed by atoms with Crippen molar-refractivity contribution in [1.29, 1.82) is 0 Å². The van der Waals surface area contributed by atoms with Crippen molar-refractivity contribution in [3.05, 3.63) is 41.2 Å². The minimum absolute atomic E-state index is 0.323. The van der Waals surface area contributed by atoms with Crippen molar-refractivity contribution in [2.75, 3.05) is 6.61 Å². The number of carbonyl (C=O) groups is 1. The lowest BCUT2D eigenvalue weighted by Gasteiger charge is -2.05. The van der Waals surface area contributed by atoms with Crippen molar-refractivity contribution in [2.24, 2.45) is 7.05 Å². The summed E-state index contributed by atoms with van der Waals surface area (Å²) in [6.07, 6.45) is 3.51. The van der Waals surface area contributed by atoms with Gasteiger partial charge in [-0.15, -0.1) is 0 Å². The normalized spacial score (nSPS) is 11.1. The molecule has 22 heavy (non-hydrogen) atoms. The molecule has 0 saturated carbocycles. The molecule has 114 valence electrons. The average molecular weight is 298 g/mol. The molecule has 0 aromatic carbocycles. The number of rotatable bonds is 3. The molecule has 0 spiro atoms. The molecule has 3 aromatic rings. The van der Waals surface area contributed by atoms with Crippen molar-refractivity contribution in [2.45, 2.75) is 20.8 Å². The molecule has 0 aliphatic rings. The highest BCUT2D eigenvalue weighted by Gasteiger charge is 2.25. The monoisotopic (exact) mass is 298 g/mol. The highest BCUT2D eigenvalue weighted by atomic mass is 16.5. The first-order valence-corrected chi connectivity index (χ1v) is 7.18. The van der Waals surface area contributed by atoms with Gasteiger partial charge in [-0.2, -0.15) is 10.2 Å². The molecule has 0 N–H and O–H groups in total. The lowest BCUT2D eigenvalue weighted by atomic mass is 10.1. The van der Waals surface area contributed by atoms with Crippen molar-refractivity contribution in [1.82, 2.24) is 19.4 Å². The topological polar surface area (TPSA) is 61.4 Å². The van der Waals surface area contributed by atoms with Crippen LogP contribution in [0.15, 0.2) is 24.5 Å². The summed E-state index contributed by atoms with van der Waals surface area (Å²) in [6, 6.07) is 3.69. The molecule has 0 aliphatic heterocycles. The van der Waals surface area contributed by atoms with Crippen LogP contribution in [-0.4, -0.2) is 32.0 Å². The number of hydrogen-bond donors (Lipinski definition) is 0. The zero-order valence-corrected chi connectivity index (χ0v) is 13.1. The summed E-state index contributed by atoms with van der Waals surface area (Å²) >= 11 is 0. The Morgan fingerprint density at radius 1 is 1.27 bits per heavy atom. The van der Waals surface area contributed by atoms with Gasteiger partial charge in [-0.25, -0.2) is 9.31 Å². The molecule has 0 fully saturated rings. The molecule has 3 heterocycles. The van der Waals surface area contributed by atoms with Crippen LogP contribution in [0.4, 0.5) is 0 Å². The standard InChI is InChI=1S/C16H18N4O2/c1-5-22-16(21)13-11(3)15(14-10(2)9-18-19(14)4)20-12(13)7-6-8-17-20/h6-9H,5H2,1-4H3. The van der Waals surface area contributed by atoms with Crippen molar-refractivity contribution in [3.8, 4) is 11.4 Å². The summed E-state index contributed by atoms with van der Waals surface area (Å²) < 4.78 is 8.79. The second-order valence-corrected chi connectivity index (χ2v) is 5.19. The summed E-state index contributed by atoms with van der Waals surface area (Å²) in [6.45, 7) is 6.06. The zero-order valence-electron chi connectivity index (χ0n) is 13.1. The molecular weight excluding hydrogens is 280 g/mol. The predicted octanol–water partition coefficient (Wildman–Crippen LogP) is 2.53. The van der Waals surface area contributed by atoms with E-state index in [1.54, 1.807) is 28.5 Å². The molecule has 6 heteroatoms. The lowest BCUT2D eigenvalue weighted by molar-refractivity contribution is 0.0528. The summed E-state index contributed by atoms with van der Waals surface area (Å²) in [7, 11) is 1.88. The predicted molar refractivity (Wildman–Crippen MR) is 82.8 cm³/mol. The number of aromatic nitrogens is 4. The Hall–Kier alpha value is -2.63. The van der Waals surface area contributed by atoms with E-state index in [2.05, 4.69) is 10.2 Å². The number of nitrogens with zero attached hydrogens (tertiary/aromatic N) is 4. The second-order valence-electron chi connectivity index (χ2n) is 5.19. The van der Waals surface area contributed by atoms with Crippen LogP contribution >= 0.6 is 0 Å². The molecule has 0 unspecified atom stereocenters. The van der Waals surface area contributed by atoms with Gasteiger partial charge in [-0.3, -0.25) is 4.68 Å². The smallest absolute Gasteiger partial charge is 0.340 e. The van der Waals surface area contributed by atoms with Crippen molar-refractivity contribution in [3.63, 3.8) is 0 Å². The molecule has 0 saturated heterocycles. The van der Waals surface area contributed by atoms with E-state index in [1.165, 1.54) is 0 Å². The van der Waals surface area contributed by atoms with Gasteiger partial charge in [0, 0.05) is 13.2 Å². The van der Waals surface area contributed by atoms with E-state index < -0.39 is 0 Å². The van der Waals surface area contributed by atoms with Crippen LogP contribution in [0.1, 0.15) is 28.4 Å². The Balaban J connectivity index is 2.37. The zero-order chi connectivity index (χ0) is 15.9. The fourth-order valence-electron chi connectivity index (χ4n) is 2.84. The fourth-order valence-corrected chi connectivity index (χ4v) is 2.84. The first-order valence-electron chi connectivity index (χ1n) is 7.18. The maximum absolute atomic E-state index is 12.3. The van der Waals surface area contributed by atoms with E-state index in [0.717, 1.165) is 28.0 Å². The van der Waals surface area contributed by atoms with Crippen LogP contribution in [0.5, 0.6) is 0 Å². The van der Waals surface area contributed by atoms with E-state index >= 15 is 0 Å². The molecule has 0 aliphatic carbocycles. The quantitative estimate of drug-likeness (QED) is 0.697. The first kappa shape index (κ1) is 14.3. The first-order chi connectivity index (χ1) is 10.6.